The summed E-state index contributed by atoms with van der Waals surface area (Å²) in [5, 5.41) is 0. The van der Waals surface area contributed by atoms with Crippen LogP contribution in [0.2, 0.25) is 0 Å². The van der Waals surface area contributed by atoms with E-state index in [4.69, 9.17) is 4.74 Å². The van der Waals surface area contributed by atoms with Gasteiger partial charge in [0.2, 0.25) is 15.9 Å². The number of benzene rings is 1. The minimum atomic E-state index is -3.47. The molecule has 3 rings (SSSR count). The number of morpholine rings is 1. The molecule has 0 aliphatic carbocycles. The van der Waals surface area contributed by atoms with Crippen LogP contribution in [0.3, 0.4) is 0 Å². The van der Waals surface area contributed by atoms with Crippen molar-refractivity contribution in [2.75, 3.05) is 32.8 Å². The van der Waals surface area contributed by atoms with Crippen LogP contribution in [0.15, 0.2) is 29.2 Å². The normalized spacial score (nSPS) is 23.6. The first-order valence-electron chi connectivity index (χ1n) is 8.85. The minimum Gasteiger partial charge on any atom is -0.375 e. The lowest BCUT2D eigenvalue weighted by atomic mass is 9.96. The highest BCUT2D eigenvalue weighted by molar-refractivity contribution is 7.89. The van der Waals surface area contributed by atoms with Gasteiger partial charge in [-0.05, 0) is 38.8 Å². The average molecular weight is 366 g/mol. The Bertz CT molecular complexity index is 709. The number of ether oxygens (including phenoxy) is 1. The summed E-state index contributed by atoms with van der Waals surface area (Å²) < 4.78 is 32.5. The maximum Gasteiger partial charge on any atom is 0.243 e. The molecule has 2 saturated heterocycles. The van der Waals surface area contributed by atoms with E-state index in [-0.39, 0.29) is 17.9 Å². The van der Waals surface area contributed by atoms with Crippen molar-refractivity contribution in [2.45, 2.75) is 37.7 Å². The Morgan fingerprint density at radius 1 is 1.12 bits per heavy atom. The Kier molecular flexibility index (Phi) is 5.46. The molecule has 0 aromatic heterocycles. The molecule has 2 fully saturated rings. The van der Waals surface area contributed by atoms with Crippen LogP contribution in [0.1, 0.15) is 25.3 Å². The van der Waals surface area contributed by atoms with Crippen molar-refractivity contribution in [1.82, 2.24) is 9.21 Å². The van der Waals surface area contributed by atoms with Gasteiger partial charge in [0.15, 0.2) is 0 Å². The molecule has 7 heteroatoms. The average Bonchev–Trinajstić information content (AvgIpc) is 2.61. The smallest absolute Gasteiger partial charge is 0.243 e. The molecule has 1 aromatic carbocycles. The van der Waals surface area contributed by atoms with Gasteiger partial charge in [-0.1, -0.05) is 17.7 Å². The van der Waals surface area contributed by atoms with Crippen LogP contribution in [0.5, 0.6) is 0 Å². The topological polar surface area (TPSA) is 66.9 Å². The van der Waals surface area contributed by atoms with E-state index in [1.54, 1.807) is 12.1 Å². The maximum absolute atomic E-state index is 12.7. The van der Waals surface area contributed by atoms with E-state index in [9.17, 15) is 13.2 Å². The zero-order valence-electron chi connectivity index (χ0n) is 14.8. The number of nitrogens with zero attached hydrogens (tertiary/aromatic N) is 2. The zero-order chi connectivity index (χ0) is 18.0. The second-order valence-electron chi connectivity index (χ2n) is 6.96. The van der Waals surface area contributed by atoms with Crippen molar-refractivity contribution >= 4 is 15.9 Å². The molecule has 1 aromatic rings. The third kappa shape index (κ3) is 4.04. The number of carbonyl (C=O) groups excluding carboxylic acids is 1. The van der Waals surface area contributed by atoms with Crippen LogP contribution in [-0.2, 0) is 19.6 Å². The zero-order valence-corrected chi connectivity index (χ0v) is 15.7. The Labute approximate surface area is 149 Å². The van der Waals surface area contributed by atoms with Gasteiger partial charge in [0.05, 0.1) is 17.6 Å². The van der Waals surface area contributed by atoms with Gasteiger partial charge in [-0.2, -0.15) is 4.31 Å². The van der Waals surface area contributed by atoms with Crippen LogP contribution in [0.25, 0.3) is 0 Å². The predicted octanol–water partition coefficient (Wildman–Crippen LogP) is 1.64. The minimum absolute atomic E-state index is 0.0692. The fourth-order valence-corrected chi connectivity index (χ4v) is 4.95. The summed E-state index contributed by atoms with van der Waals surface area (Å²) in [5.74, 6) is 0.0531. The van der Waals surface area contributed by atoms with Crippen molar-refractivity contribution < 1.29 is 17.9 Å². The van der Waals surface area contributed by atoms with Gasteiger partial charge < -0.3 is 9.64 Å². The second-order valence-corrected chi connectivity index (χ2v) is 8.90. The number of hydrogen-bond donors (Lipinski definition) is 0. The molecule has 0 radical (unpaired) electrons. The number of sulfonamides is 1. The second kappa shape index (κ2) is 7.43. The fraction of sp³-hybridized carbons (Fsp3) is 0.611. The number of aryl methyl sites for hydroxylation is 1. The van der Waals surface area contributed by atoms with E-state index in [1.807, 2.05) is 30.9 Å². The van der Waals surface area contributed by atoms with Crippen LogP contribution < -0.4 is 0 Å². The summed E-state index contributed by atoms with van der Waals surface area (Å²) in [7, 11) is -3.47. The van der Waals surface area contributed by atoms with Gasteiger partial charge in [-0.25, -0.2) is 8.42 Å². The summed E-state index contributed by atoms with van der Waals surface area (Å²) in [6, 6.07) is 6.92. The quantitative estimate of drug-likeness (QED) is 0.816. The van der Waals surface area contributed by atoms with E-state index < -0.39 is 10.0 Å². The molecule has 0 spiro atoms. The predicted molar refractivity (Wildman–Crippen MR) is 94.7 cm³/mol. The van der Waals surface area contributed by atoms with Crippen LogP contribution in [0, 0.1) is 12.8 Å². The monoisotopic (exact) mass is 366 g/mol. The fourth-order valence-electron chi connectivity index (χ4n) is 3.48. The molecular weight excluding hydrogens is 340 g/mol. The van der Waals surface area contributed by atoms with Crippen LogP contribution >= 0.6 is 0 Å². The van der Waals surface area contributed by atoms with Gasteiger partial charge in [0.25, 0.3) is 0 Å². The largest absolute Gasteiger partial charge is 0.375 e. The molecule has 2 aliphatic heterocycles. The van der Waals surface area contributed by atoms with Gasteiger partial charge in [0, 0.05) is 32.1 Å². The molecule has 0 unspecified atom stereocenters. The van der Waals surface area contributed by atoms with E-state index in [0.29, 0.717) is 50.5 Å². The molecule has 0 saturated carbocycles. The van der Waals surface area contributed by atoms with Crippen LogP contribution in [0.4, 0.5) is 0 Å². The Hall–Kier alpha value is -1.44. The standard InChI is InChI=1S/C18H26N2O4S/c1-14-3-5-17(6-4-14)25(22,23)20-9-7-16(8-10-20)18(21)19-11-12-24-15(2)13-19/h3-6,15-16H,7-13H2,1-2H3/t15-/m0/s1. The SMILES string of the molecule is Cc1ccc(S(=O)(=O)N2CCC(C(=O)N3CCO[C@@H](C)C3)CC2)cc1. The summed E-state index contributed by atoms with van der Waals surface area (Å²) >= 11 is 0. The lowest BCUT2D eigenvalue weighted by Crippen LogP contribution is -2.49. The highest BCUT2D eigenvalue weighted by atomic mass is 32.2. The highest BCUT2D eigenvalue weighted by Gasteiger charge is 2.34. The highest BCUT2D eigenvalue weighted by Crippen LogP contribution is 2.26. The number of amides is 1. The molecule has 1 atom stereocenters. The first-order valence-corrected chi connectivity index (χ1v) is 10.3. The summed E-state index contributed by atoms with van der Waals surface area (Å²) in [6.45, 7) is 6.52. The maximum atomic E-state index is 12.7. The molecule has 138 valence electrons. The van der Waals surface area contributed by atoms with Crippen molar-refractivity contribution in [1.29, 1.82) is 0 Å². The molecule has 2 aliphatic rings. The Balaban J connectivity index is 1.61. The lowest BCUT2D eigenvalue weighted by Gasteiger charge is -2.36. The number of rotatable bonds is 3. The first kappa shape index (κ1) is 18.4. The lowest BCUT2D eigenvalue weighted by molar-refractivity contribution is -0.143. The summed E-state index contributed by atoms with van der Waals surface area (Å²) in [6.07, 6.45) is 1.23. The van der Waals surface area contributed by atoms with E-state index >= 15 is 0 Å². The summed E-state index contributed by atoms with van der Waals surface area (Å²) in [4.78, 5) is 14.9. The van der Waals surface area contributed by atoms with Gasteiger partial charge in [-0.3, -0.25) is 4.79 Å². The molecule has 25 heavy (non-hydrogen) atoms. The molecule has 1 amide bonds. The first-order chi connectivity index (χ1) is 11.9. The number of hydrogen-bond acceptors (Lipinski definition) is 4. The van der Waals surface area contributed by atoms with Crippen LogP contribution in [-0.4, -0.2) is 62.4 Å². The Morgan fingerprint density at radius 2 is 1.76 bits per heavy atom. The van der Waals surface area contributed by atoms with Crippen molar-refractivity contribution in [3.05, 3.63) is 29.8 Å². The molecule has 6 nitrogen and oxygen atoms in total. The van der Waals surface area contributed by atoms with Crippen molar-refractivity contribution in [2.24, 2.45) is 5.92 Å². The van der Waals surface area contributed by atoms with E-state index in [0.717, 1.165) is 5.56 Å². The van der Waals surface area contributed by atoms with Gasteiger partial charge >= 0.3 is 0 Å². The third-order valence-electron chi connectivity index (χ3n) is 5.01. The van der Waals surface area contributed by atoms with Crippen molar-refractivity contribution in [3.8, 4) is 0 Å². The number of carbonyl (C=O) groups is 1. The van der Waals surface area contributed by atoms with E-state index in [2.05, 4.69) is 0 Å². The molecule has 0 N–H and O–H groups in total. The van der Waals surface area contributed by atoms with E-state index in [1.165, 1.54) is 4.31 Å². The van der Waals surface area contributed by atoms with Crippen molar-refractivity contribution in [3.63, 3.8) is 0 Å². The molecule has 2 heterocycles. The molecular formula is C18H26N2O4S. The van der Waals surface area contributed by atoms with Gasteiger partial charge in [-0.15, -0.1) is 0 Å². The third-order valence-corrected chi connectivity index (χ3v) is 6.93. The summed E-state index contributed by atoms with van der Waals surface area (Å²) in [5.41, 5.74) is 1.03. The Morgan fingerprint density at radius 3 is 2.36 bits per heavy atom. The van der Waals surface area contributed by atoms with Gasteiger partial charge in [0.1, 0.15) is 0 Å². The number of piperidine rings is 1. The molecule has 0 bridgehead atoms.